The van der Waals surface area contributed by atoms with E-state index in [2.05, 4.69) is 15.3 Å². The van der Waals surface area contributed by atoms with Gasteiger partial charge in [0.05, 0.1) is 28.2 Å². The number of nitrogens with zero attached hydrogens (tertiary/aromatic N) is 1. The van der Waals surface area contributed by atoms with Gasteiger partial charge >= 0.3 is 0 Å². The Bertz CT molecular complexity index is 1170. The van der Waals surface area contributed by atoms with Crippen LogP contribution in [0.3, 0.4) is 0 Å². The highest BCUT2D eigenvalue weighted by Crippen LogP contribution is 2.26. The van der Waals surface area contributed by atoms with Gasteiger partial charge in [-0.15, -0.1) is 0 Å². The Morgan fingerprint density at radius 2 is 1.79 bits per heavy atom. The highest BCUT2D eigenvalue weighted by molar-refractivity contribution is 6.42. The Morgan fingerprint density at radius 1 is 1.00 bits per heavy atom. The lowest BCUT2D eigenvalue weighted by Crippen LogP contribution is -2.11. The molecule has 0 aliphatic heterocycles. The Hall–Kier alpha value is -3.02. The van der Waals surface area contributed by atoms with Crippen molar-refractivity contribution in [3.05, 3.63) is 76.3 Å². The zero-order chi connectivity index (χ0) is 19.7. The molecular weight excluding hydrogens is 397 g/mol. The SMILES string of the molecule is COc1ccc2nc(-c3ccc(NC(=O)c4ccc(Cl)c(Cl)c4)cc3)[nH]c2c1. The molecule has 0 unspecified atom stereocenters. The van der Waals surface area contributed by atoms with Crippen LogP contribution in [0.4, 0.5) is 5.69 Å². The number of imidazole rings is 1. The van der Waals surface area contributed by atoms with Crippen molar-refractivity contribution in [2.24, 2.45) is 0 Å². The van der Waals surface area contributed by atoms with Crippen LogP contribution in [-0.2, 0) is 0 Å². The first kappa shape index (κ1) is 18.3. The van der Waals surface area contributed by atoms with E-state index in [0.717, 1.165) is 28.2 Å². The predicted molar refractivity (Wildman–Crippen MR) is 112 cm³/mol. The number of carbonyl (C=O) groups excluding carboxylic acids is 1. The molecule has 28 heavy (non-hydrogen) atoms. The number of rotatable bonds is 4. The van der Waals surface area contributed by atoms with Gasteiger partial charge in [0.15, 0.2) is 0 Å². The van der Waals surface area contributed by atoms with Gasteiger partial charge in [-0.05, 0) is 54.6 Å². The van der Waals surface area contributed by atoms with Gasteiger partial charge in [-0.2, -0.15) is 0 Å². The average molecular weight is 412 g/mol. The third-order valence-electron chi connectivity index (χ3n) is 4.29. The van der Waals surface area contributed by atoms with Crippen LogP contribution in [0.25, 0.3) is 22.4 Å². The number of aromatic nitrogens is 2. The minimum Gasteiger partial charge on any atom is -0.497 e. The van der Waals surface area contributed by atoms with E-state index in [1.807, 2.05) is 42.5 Å². The highest BCUT2D eigenvalue weighted by atomic mass is 35.5. The summed E-state index contributed by atoms with van der Waals surface area (Å²) in [5, 5.41) is 3.58. The number of amides is 1. The fourth-order valence-corrected chi connectivity index (χ4v) is 3.10. The monoisotopic (exact) mass is 411 g/mol. The molecule has 1 aromatic heterocycles. The summed E-state index contributed by atoms with van der Waals surface area (Å²) < 4.78 is 5.24. The van der Waals surface area contributed by atoms with E-state index in [9.17, 15) is 4.79 Å². The van der Waals surface area contributed by atoms with E-state index >= 15 is 0 Å². The molecule has 0 saturated carbocycles. The highest BCUT2D eigenvalue weighted by Gasteiger charge is 2.10. The molecule has 2 N–H and O–H groups in total. The fourth-order valence-electron chi connectivity index (χ4n) is 2.80. The van der Waals surface area contributed by atoms with Crippen molar-refractivity contribution < 1.29 is 9.53 Å². The topological polar surface area (TPSA) is 67.0 Å². The Labute approximate surface area is 171 Å². The number of fused-ring (bicyclic) bond motifs is 1. The van der Waals surface area contributed by atoms with Crippen molar-refractivity contribution >= 4 is 45.8 Å². The molecule has 7 heteroatoms. The van der Waals surface area contributed by atoms with Gasteiger partial charge in [0, 0.05) is 22.9 Å². The summed E-state index contributed by atoms with van der Waals surface area (Å²) in [6, 6.07) is 17.8. The summed E-state index contributed by atoms with van der Waals surface area (Å²) in [6.07, 6.45) is 0. The number of nitrogens with one attached hydrogen (secondary N) is 2. The number of carbonyl (C=O) groups is 1. The van der Waals surface area contributed by atoms with E-state index < -0.39 is 0 Å². The van der Waals surface area contributed by atoms with E-state index in [4.69, 9.17) is 27.9 Å². The Morgan fingerprint density at radius 3 is 2.50 bits per heavy atom. The van der Waals surface area contributed by atoms with Crippen LogP contribution in [0.2, 0.25) is 10.0 Å². The van der Waals surface area contributed by atoms with Crippen LogP contribution in [0.1, 0.15) is 10.4 Å². The van der Waals surface area contributed by atoms with Gasteiger partial charge in [0.25, 0.3) is 5.91 Å². The largest absolute Gasteiger partial charge is 0.497 e. The van der Waals surface area contributed by atoms with Crippen molar-refractivity contribution in [1.29, 1.82) is 0 Å². The number of halogens is 2. The van der Waals surface area contributed by atoms with Gasteiger partial charge in [0.1, 0.15) is 11.6 Å². The third-order valence-corrected chi connectivity index (χ3v) is 5.03. The molecule has 5 nitrogen and oxygen atoms in total. The van der Waals surface area contributed by atoms with Crippen LogP contribution in [-0.4, -0.2) is 23.0 Å². The molecule has 0 spiro atoms. The first-order chi connectivity index (χ1) is 13.5. The first-order valence-corrected chi connectivity index (χ1v) is 9.20. The summed E-state index contributed by atoms with van der Waals surface area (Å²) in [5.41, 5.74) is 3.75. The molecule has 140 valence electrons. The van der Waals surface area contributed by atoms with E-state index in [1.165, 1.54) is 6.07 Å². The molecule has 4 aromatic rings. The molecule has 3 aromatic carbocycles. The van der Waals surface area contributed by atoms with Crippen molar-refractivity contribution in [3.63, 3.8) is 0 Å². The molecule has 0 bridgehead atoms. The second-order valence-electron chi connectivity index (χ2n) is 6.13. The number of anilines is 1. The zero-order valence-corrected chi connectivity index (χ0v) is 16.3. The summed E-state index contributed by atoms with van der Waals surface area (Å²) in [4.78, 5) is 20.2. The van der Waals surface area contributed by atoms with Crippen LogP contribution in [0.15, 0.2) is 60.7 Å². The Kier molecular flexibility index (Phi) is 4.94. The number of aromatic amines is 1. The maximum Gasteiger partial charge on any atom is 0.255 e. The fraction of sp³-hybridized carbons (Fsp3) is 0.0476. The van der Waals surface area contributed by atoms with E-state index in [0.29, 0.717) is 21.3 Å². The Balaban J connectivity index is 1.53. The molecule has 0 fully saturated rings. The van der Waals surface area contributed by atoms with Gasteiger partial charge in [-0.3, -0.25) is 4.79 Å². The summed E-state index contributed by atoms with van der Waals surface area (Å²) in [6.45, 7) is 0. The van der Waals surface area contributed by atoms with Gasteiger partial charge in [0.2, 0.25) is 0 Å². The quantitative estimate of drug-likeness (QED) is 0.445. The second kappa shape index (κ2) is 7.54. The second-order valence-corrected chi connectivity index (χ2v) is 6.94. The molecule has 1 heterocycles. The van der Waals surface area contributed by atoms with Crippen LogP contribution in [0.5, 0.6) is 5.75 Å². The van der Waals surface area contributed by atoms with Crippen molar-refractivity contribution in [1.82, 2.24) is 9.97 Å². The molecule has 0 aliphatic carbocycles. The maximum atomic E-state index is 12.4. The molecule has 0 saturated heterocycles. The average Bonchev–Trinajstić information content (AvgIpc) is 3.13. The minimum atomic E-state index is -0.262. The lowest BCUT2D eigenvalue weighted by Gasteiger charge is -2.07. The predicted octanol–water partition coefficient (Wildman–Crippen LogP) is 5.80. The first-order valence-electron chi connectivity index (χ1n) is 8.44. The lowest BCUT2D eigenvalue weighted by molar-refractivity contribution is 0.102. The van der Waals surface area contributed by atoms with Gasteiger partial charge < -0.3 is 15.0 Å². The number of hydrogen-bond acceptors (Lipinski definition) is 3. The van der Waals surface area contributed by atoms with Crippen molar-refractivity contribution in [2.45, 2.75) is 0 Å². The van der Waals surface area contributed by atoms with Crippen LogP contribution < -0.4 is 10.1 Å². The van der Waals surface area contributed by atoms with Gasteiger partial charge in [-0.1, -0.05) is 23.2 Å². The maximum absolute atomic E-state index is 12.4. The summed E-state index contributed by atoms with van der Waals surface area (Å²) >= 11 is 11.9. The lowest BCUT2D eigenvalue weighted by atomic mass is 10.1. The molecule has 1 amide bonds. The number of H-pyrrole nitrogens is 1. The number of benzene rings is 3. The number of ether oxygens (including phenoxy) is 1. The summed E-state index contributed by atoms with van der Waals surface area (Å²) in [5.74, 6) is 1.25. The van der Waals surface area contributed by atoms with Crippen molar-refractivity contribution in [2.75, 3.05) is 12.4 Å². The molecule has 4 rings (SSSR count). The smallest absolute Gasteiger partial charge is 0.255 e. The van der Waals surface area contributed by atoms with E-state index in [-0.39, 0.29) is 5.91 Å². The number of hydrogen-bond donors (Lipinski definition) is 2. The molecule has 0 atom stereocenters. The minimum absolute atomic E-state index is 0.262. The van der Waals surface area contributed by atoms with E-state index in [1.54, 1.807) is 19.2 Å². The number of methoxy groups -OCH3 is 1. The van der Waals surface area contributed by atoms with Crippen LogP contribution >= 0.6 is 23.2 Å². The molecular formula is C21H15Cl2N3O2. The standard InChI is InChI=1S/C21H15Cl2N3O2/c1-28-15-7-9-18-19(11-15)26-20(25-18)12-2-5-14(6-3-12)24-21(27)13-4-8-16(22)17(23)10-13/h2-11H,1H3,(H,24,27)(H,25,26). The van der Waals surface area contributed by atoms with Crippen molar-refractivity contribution in [3.8, 4) is 17.1 Å². The van der Waals surface area contributed by atoms with Gasteiger partial charge in [-0.25, -0.2) is 4.98 Å². The third kappa shape index (κ3) is 3.67. The normalized spacial score (nSPS) is 10.8. The zero-order valence-electron chi connectivity index (χ0n) is 14.8. The molecule has 0 radical (unpaired) electrons. The summed E-state index contributed by atoms with van der Waals surface area (Å²) in [7, 11) is 1.63. The van der Waals surface area contributed by atoms with Crippen LogP contribution in [0, 0.1) is 0 Å². The molecule has 0 aliphatic rings.